The van der Waals surface area contributed by atoms with E-state index in [0.29, 0.717) is 17.9 Å². The number of nitrogens with one attached hydrogen (secondary N) is 1. The number of ether oxygens (including phenoxy) is 3. The Labute approximate surface area is 212 Å². The van der Waals surface area contributed by atoms with Gasteiger partial charge in [0.25, 0.3) is 0 Å². The minimum Gasteiger partial charge on any atom is -0.496 e. The van der Waals surface area contributed by atoms with E-state index >= 15 is 0 Å². The molecule has 1 aromatic heterocycles. The third kappa shape index (κ3) is 7.21. The van der Waals surface area contributed by atoms with Crippen LogP contribution in [0.25, 0.3) is 0 Å². The number of methoxy groups -OCH3 is 1. The molecule has 8 nitrogen and oxygen atoms in total. The number of hydrogen-bond acceptors (Lipinski definition) is 6. The standard InChI is InChI=1S/C28H33N3O5/c1-19-16-29-24(20(2)25(19)34-6)17-30-26(32)35-23-14-10-13-22(15-23)31(27(33)36-28(3,4)5)18-21-11-8-7-9-12-21/h7-16H,17-18H2,1-6H3,(H,30,32). The van der Waals surface area contributed by atoms with E-state index in [9.17, 15) is 9.59 Å². The van der Waals surface area contributed by atoms with Crippen LogP contribution in [0.5, 0.6) is 11.5 Å². The van der Waals surface area contributed by atoms with Crippen molar-refractivity contribution in [2.75, 3.05) is 12.0 Å². The zero-order valence-electron chi connectivity index (χ0n) is 21.6. The molecule has 0 saturated carbocycles. The number of hydrogen-bond donors (Lipinski definition) is 1. The summed E-state index contributed by atoms with van der Waals surface area (Å²) < 4.78 is 16.5. The van der Waals surface area contributed by atoms with E-state index in [1.807, 2.05) is 65.0 Å². The van der Waals surface area contributed by atoms with E-state index in [1.165, 1.54) is 4.90 Å². The first-order valence-electron chi connectivity index (χ1n) is 11.7. The second-order valence-electron chi connectivity index (χ2n) is 9.34. The third-order valence-corrected chi connectivity index (χ3v) is 5.29. The summed E-state index contributed by atoms with van der Waals surface area (Å²) in [7, 11) is 1.60. The maximum Gasteiger partial charge on any atom is 0.415 e. The Bertz CT molecular complexity index is 1210. The molecule has 0 aliphatic heterocycles. The van der Waals surface area contributed by atoms with Crippen LogP contribution >= 0.6 is 0 Å². The first-order chi connectivity index (χ1) is 17.1. The fraction of sp³-hybridized carbons (Fsp3) is 0.321. The molecule has 0 fully saturated rings. The van der Waals surface area contributed by atoms with Crippen LogP contribution in [0.2, 0.25) is 0 Å². The number of pyridine rings is 1. The molecule has 1 N–H and O–H groups in total. The number of amides is 2. The Balaban J connectivity index is 1.74. The van der Waals surface area contributed by atoms with Gasteiger partial charge in [0.05, 0.1) is 31.6 Å². The Morgan fingerprint density at radius 1 is 1.03 bits per heavy atom. The highest BCUT2D eigenvalue weighted by Gasteiger charge is 2.24. The first kappa shape index (κ1) is 26.5. The second kappa shape index (κ2) is 11.6. The molecule has 3 rings (SSSR count). The SMILES string of the molecule is COc1c(C)cnc(CNC(=O)Oc2cccc(N(Cc3ccccc3)C(=O)OC(C)(C)C)c2)c1C. The summed E-state index contributed by atoms with van der Waals surface area (Å²) in [6.45, 7) is 9.73. The normalized spacial score (nSPS) is 10.9. The zero-order valence-corrected chi connectivity index (χ0v) is 21.6. The molecule has 0 unspecified atom stereocenters. The van der Waals surface area contributed by atoms with Crippen molar-refractivity contribution in [3.05, 3.63) is 83.2 Å². The van der Waals surface area contributed by atoms with Gasteiger partial charge in [-0.25, -0.2) is 9.59 Å². The number of carbonyl (C=O) groups is 2. The minimum atomic E-state index is -0.662. The van der Waals surface area contributed by atoms with Gasteiger partial charge in [0, 0.05) is 23.4 Å². The van der Waals surface area contributed by atoms with Gasteiger partial charge in [-0.05, 0) is 52.3 Å². The fourth-order valence-corrected chi connectivity index (χ4v) is 3.61. The fourth-order valence-electron chi connectivity index (χ4n) is 3.61. The second-order valence-corrected chi connectivity index (χ2v) is 9.34. The van der Waals surface area contributed by atoms with E-state index in [-0.39, 0.29) is 12.3 Å². The monoisotopic (exact) mass is 491 g/mol. The lowest BCUT2D eigenvalue weighted by molar-refractivity contribution is 0.0577. The molecule has 0 bridgehead atoms. The van der Waals surface area contributed by atoms with E-state index in [1.54, 1.807) is 37.6 Å². The largest absolute Gasteiger partial charge is 0.496 e. The molecule has 0 spiro atoms. The molecule has 1 heterocycles. The lowest BCUT2D eigenvalue weighted by Crippen LogP contribution is -2.36. The number of aryl methyl sites for hydroxylation is 1. The van der Waals surface area contributed by atoms with Crippen molar-refractivity contribution in [2.45, 2.75) is 53.3 Å². The summed E-state index contributed by atoms with van der Waals surface area (Å²) in [5, 5.41) is 2.72. The average molecular weight is 492 g/mol. The molecule has 8 heteroatoms. The summed E-state index contributed by atoms with van der Waals surface area (Å²) in [6, 6.07) is 16.4. The van der Waals surface area contributed by atoms with Gasteiger partial charge in [0.2, 0.25) is 0 Å². The van der Waals surface area contributed by atoms with Crippen molar-refractivity contribution in [2.24, 2.45) is 0 Å². The van der Waals surface area contributed by atoms with Gasteiger partial charge in [-0.15, -0.1) is 0 Å². The van der Waals surface area contributed by atoms with E-state index in [0.717, 1.165) is 22.4 Å². The van der Waals surface area contributed by atoms with Crippen LogP contribution in [0.4, 0.5) is 15.3 Å². The van der Waals surface area contributed by atoms with E-state index in [2.05, 4.69) is 10.3 Å². The van der Waals surface area contributed by atoms with Gasteiger partial charge < -0.3 is 19.5 Å². The van der Waals surface area contributed by atoms with Crippen LogP contribution < -0.4 is 19.7 Å². The quantitative estimate of drug-likeness (QED) is 0.440. The molecule has 2 amide bonds. The van der Waals surface area contributed by atoms with Gasteiger partial charge in [-0.1, -0.05) is 36.4 Å². The van der Waals surface area contributed by atoms with Gasteiger partial charge >= 0.3 is 12.2 Å². The number of nitrogens with zero attached hydrogens (tertiary/aromatic N) is 2. The van der Waals surface area contributed by atoms with Gasteiger partial charge in [-0.3, -0.25) is 9.88 Å². The Morgan fingerprint density at radius 2 is 1.75 bits per heavy atom. The third-order valence-electron chi connectivity index (χ3n) is 5.29. The predicted octanol–water partition coefficient (Wildman–Crippen LogP) is 5.94. The van der Waals surface area contributed by atoms with Gasteiger partial charge in [0.15, 0.2) is 0 Å². The Morgan fingerprint density at radius 3 is 2.42 bits per heavy atom. The summed E-state index contributed by atoms with van der Waals surface area (Å²) in [5.74, 6) is 1.03. The van der Waals surface area contributed by atoms with Crippen LogP contribution in [0.1, 0.15) is 43.2 Å². The Kier molecular flexibility index (Phi) is 8.53. The maximum absolute atomic E-state index is 13.0. The number of benzene rings is 2. The summed E-state index contributed by atoms with van der Waals surface area (Å²) in [5.41, 5.74) is 3.27. The zero-order chi connectivity index (χ0) is 26.3. The van der Waals surface area contributed by atoms with Crippen LogP contribution in [-0.2, 0) is 17.8 Å². The van der Waals surface area contributed by atoms with Crippen molar-refractivity contribution >= 4 is 17.9 Å². The summed E-state index contributed by atoms with van der Waals surface area (Å²) >= 11 is 0. The minimum absolute atomic E-state index is 0.180. The number of carbonyl (C=O) groups excluding carboxylic acids is 2. The molecule has 0 radical (unpaired) electrons. The van der Waals surface area contributed by atoms with Crippen molar-refractivity contribution in [3.63, 3.8) is 0 Å². The molecule has 190 valence electrons. The molecular weight excluding hydrogens is 458 g/mol. The molecule has 0 saturated heterocycles. The predicted molar refractivity (Wildman–Crippen MR) is 138 cm³/mol. The van der Waals surface area contributed by atoms with E-state index < -0.39 is 17.8 Å². The van der Waals surface area contributed by atoms with Gasteiger partial charge in [-0.2, -0.15) is 0 Å². The van der Waals surface area contributed by atoms with Crippen LogP contribution in [0.3, 0.4) is 0 Å². The topological polar surface area (TPSA) is 90.0 Å². The number of rotatable bonds is 7. The van der Waals surface area contributed by atoms with Crippen molar-refractivity contribution in [1.29, 1.82) is 0 Å². The molecule has 0 aliphatic carbocycles. The summed E-state index contributed by atoms with van der Waals surface area (Å²) in [6.07, 6.45) is 0.568. The Hall–Kier alpha value is -4.07. The van der Waals surface area contributed by atoms with Gasteiger partial charge in [0.1, 0.15) is 17.1 Å². The molecule has 0 aliphatic rings. The highest BCUT2D eigenvalue weighted by Crippen LogP contribution is 2.26. The summed E-state index contributed by atoms with van der Waals surface area (Å²) in [4.78, 5) is 31.4. The van der Waals surface area contributed by atoms with Crippen LogP contribution in [0.15, 0.2) is 60.8 Å². The molecular formula is C28H33N3O5. The smallest absolute Gasteiger partial charge is 0.415 e. The van der Waals surface area contributed by atoms with Crippen molar-refractivity contribution < 1.29 is 23.8 Å². The first-order valence-corrected chi connectivity index (χ1v) is 11.7. The highest BCUT2D eigenvalue weighted by molar-refractivity contribution is 5.88. The molecule has 36 heavy (non-hydrogen) atoms. The van der Waals surface area contributed by atoms with Crippen LogP contribution in [0, 0.1) is 13.8 Å². The number of anilines is 1. The molecule has 0 atom stereocenters. The van der Waals surface area contributed by atoms with Crippen LogP contribution in [-0.4, -0.2) is 29.9 Å². The number of aromatic nitrogens is 1. The lowest BCUT2D eigenvalue weighted by atomic mass is 10.1. The highest BCUT2D eigenvalue weighted by atomic mass is 16.6. The maximum atomic E-state index is 13.0. The lowest BCUT2D eigenvalue weighted by Gasteiger charge is -2.27. The van der Waals surface area contributed by atoms with Crippen molar-refractivity contribution in [3.8, 4) is 11.5 Å². The molecule has 3 aromatic rings. The van der Waals surface area contributed by atoms with E-state index in [4.69, 9.17) is 14.2 Å². The average Bonchev–Trinajstić information content (AvgIpc) is 2.82. The molecule has 2 aromatic carbocycles. The van der Waals surface area contributed by atoms with Crippen molar-refractivity contribution in [1.82, 2.24) is 10.3 Å².